The summed E-state index contributed by atoms with van der Waals surface area (Å²) in [4.78, 5) is 0. The molecule has 16 heavy (non-hydrogen) atoms. The summed E-state index contributed by atoms with van der Waals surface area (Å²) < 4.78 is 31.3. The molecule has 0 bridgehead atoms. The first-order valence-corrected chi connectivity index (χ1v) is 5.36. The third-order valence-corrected chi connectivity index (χ3v) is 2.31. The van der Waals surface area contributed by atoms with E-state index in [0.717, 1.165) is 19.0 Å². The molecule has 1 rings (SSSR count). The van der Waals surface area contributed by atoms with Gasteiger partial charge in [-0.1, -0.05) is 13.0 Å². The highest BCUT2D eigenvalue weighted by Crippen LogP contribution is 2.18. The Hall–Kier alpha value is -1.00. The van der Waals surface area contributed by atoms with Crippen LogP contribution < -0.4 is 5.32 Å². The maximum atomic E-state index is 13.5. The molecule has 0 aliphatic heterocycles. The molecule has 2 nitrogen and oxygen atoms in total. The summed E-state index contributed by atoms with van der Waals surface area (Å²) >= 11 is 0. The van der Waals surface area contributed by atoms with Crippen molar-refractivity contribution in [2.45, 2.75) is 19.4 Å². The number of ether oxygens (including phenoxy) is 1. The van der Waals surface area contributed by atoms with E-state index in [-0.39, 0.29) is 6.04 Å². The zero-order valence-corrected chi connectivity index (χ0v) is 9.59. The Morgan fingerprint density at radius 3 is 2.69 bits per heavy atom. The van der Waals surface area contributed by atoms with Gasteiger partial charge in [0, 0.05) is 18.7 Å². The standard InChI is InChI=1S/C12H17F2NO/c1-3-6-15-12(8-16-2)10-5-4-9(13)7-11(10)14/h4-5,7,12,15H,3,6,8H2,1-2H3. The fraction of sp³-hybridized carbons (Fsp3) is 0.500. The second kappa shape index (κ2) is 6.55. The molecule has 0 fully saturated rings. The van der Waals surface area contributed by atoms with Crippen LogP contribution in [0.25, 0.3) is 0 Å². The van der Waals surface area contributed by atoms with Crippen LogP contribution in [0.3, 0.4) is 0 Å². The normalized spacial score (nSPS) is 12.8. The van der Waals surface area contributed by atoms with Gasteiger partial charge < -0.3 is 10.1 Å². The minimum absolute atomic E-state index is 0.231. The van der Waals surface area contributed by atoms with Gasteiger partial charge in [0.05, 0.1) is 12.6 Å². The molecule has 0 aliphatic rings. The molecule has 0 saturated heterocycles. The van der Waals surface area contributed by atoms with Gasteiger partial charge in [0.1, 0.15) is 11.6 Å². The van der Waals surface area contributed by atoms with Crippen molar-refractivity contribution in [3.63, 3.8) is 0 Å². The van der Waals surface area contributed by atoms with Crippen LogP contribution in [0.1, 0.15) is 24.9 Å². The van der Waals surface area contributed by atoms with E-state index < -0.39 is 11.6 Å². The highest BCUT2D eigenvalue weighted by atomic mass is 19.1. The molecule has 1 atom stereocenters. The Morgan fingerprint density at radius 2 is 2.12 bits per heavy atom. The fourth-order valence-corrected chi connectivity index (χ4v) is 1.53. The van der Waals surface area contributed by atoms with E-state index in [0.29, 0.717) is 12.2 Å². The lowest BCUT2D eigenvalue weighted by atomic mass is 10.1. The first-order chi connectivity index (χ1) is 7.69. The summed E-state index contributed by atoms with van der Waals surface area (Å²) in [7, 11) is 1.56. The van der Waals surface area contributed by atoms with E-state index in [1.165, 1.54) is 12.1 Å². The van der Waals surface area contributed by atoms with Crippen LogP contribution in [0.15, 0.2) is 18.2 Å². The van der Waals surface area contributed by atoms with Crippen molar-refractivity contribution >= 4 is 0 Å². The van der Waals surface area contributed by atoms with E-state index >= 15 is 0 Å². The molecular weight excluding hydrogens is 212 g/mol. The monoisotopic (exact) mass is 229 g/mol. The topological polar surface area (TPSA) is 21.3 Å². The summed E-state index contributed by atoms with van der Waals surface area (Å²) in [6.07, 6.45) is 0.947. The SMILES string of the molecule is CCCNC(COC)c1ccc(F)cc1F. The Kier molecular flexibility index (Phi) is 5.35. The predicted molar refractivity (Wildman–Crippen MR) is 59.3 cm³/mol. The summed E-state index contributed by atoms with van der Waals surface area (Å²) in [6.45, 7) is 3.16. The van der Waals surface area contributed by atoms with Crippen molar-refractivity contribution in [1.82, 2.24) is 5.32 Å². The van der Waals surface area contributed by atoms with Crippen molar-refractivity contribution in [3.8, 4) is 0 Å². The first kappa shape index (κ1) is 13.1. The Labute approximate surface area is 94.6 Å². The van der Waals surface area contributed by atoms with Gasteiger partial charge in [0.25, 0.3) is 0 Å². The van der Waals surface area contributed by atoms with E-state index in [4.69, 9.17) is 4.74 Å². The van der Waals surface area contributed by atoms with Crippen LogP contribution in [-0.2, 0) is 4.74 Å². The zero-order valence-electron chi connectivity index (χ0n) is 9.59. The molecule has 0 heterocycles. The minimum atomic E-state index is -0.562. The molecule has 90 valence electrons. The third kappa shape index (κ3) is 3.54. The fourth-order valence-electron chi connectivity index (χ4n) is 1.53. The van der Waals surface area contributed by atoms with E-state index in [1.807, 2.05) is 6.92 Å². The summed E-state index contributed by atoms with van der Waals surface area (Å²) in [5.74, 6) is -1.10. The average Bonchev–Trinajstić information content (AvgIpc) is 2.25. The highest BCUT2D eigenvalue weighted by molar-refractivity contribution is 5.22. The first-order valence-electron chi connectivity index (χ1n) is 5.36. The molecule has 1 aromatic rings. The van der Waals surface area contributed by atoms with Crippen molar-refractivity contribution in [2.75, 3.05) is 20.3 Å². The van der Waals surface area contributed by atoms with Crippen LogP contribution >= 0.6 is 0 Å². The second-order valence-corrected chi connectivity index (χ2v) is 3.63. The third-order valence-electron chi connectivity index (χ3n) is 2.31. The molecule has 1 N–H and O–H groups in total. The molecule has 0 amide bonds. The largest absolute Gasteiger partial charge is 0.383 e. The number of benzene rings is 1. The number of nitrogens with one attached hydrogen (secondary N) is 1. The summed E-state index contributed by atoms with van der Waals surface area (Å²) in [5, 5.41) is 3.16. The molecule has 0 aromatic heterocycles. The van der Waals surface area contributed by atoms with Crippen molar-refractivity contribution in [1.29, 1.82) is 0 Å². The molecule has 0 saturated carbocycles. The van der Waals surface area contributed by atoms with Crippen molar-refractivity contribution < 1.29 is 13.5 Å². The van der Waals surface area contributed by atoms with Crippen LogP contribution in [0.5, 0.6) is 0 Å². The van der Waals surface area contributed by atoms with Gasteiger partial charge in [-0.3, -0.25) is 0 Å². The predicted octanol–water partition coefficient (Wildman–Crippen LogP) is 2.65. The van der Waals surface area contributed by atoms with Gasteiger partial charge >= 0.3 is 0 Å². The Balaban J connectivity index is 2.82. The molecule has 4 heteroatoms. The van der Waals surface area contributed by atoms with E-state index in [9.17, 15) is 8.78 Å². The van der Waals surface area contributed by atoms with Crippen molar-refractivity contribution in [3.05, 3.63) is 35.4 Å². The maximum Gasteiger partial charge on any atom is 0.130 e. The number of hydrogen-bond donors (Lipinski definition) is 1. The van der Waals surface area contributed by atoms with Crippen LogP contribution in [0.2, 0.25) is 0 Å². The second-order valence-electron chi connectivity index (χ2n) is 3.63. The minimum Gasteiger partial charge on any atom is -0.383 e. The molecule has 0 aliphatic carbocycles. The van der Waals surface area contributed by atoms with Crippen molar-refractivity contribution in [2.24, 2.45) is 0 Å². The van der Waals surface area contributed by atoms with Crippen LogP contribution in [0, 0.1) is 11.6 Å². The number of hydrogen-bond acceptors (Lipinski definition) is 2. The van der Waals surface area contributed by atoms with Gasteiger partial charge in [-0.15, -0.1) is 0 Å². The zero-order chi connectivity index (χ0) is 12.0. The lowest BCUT2D eigenvalue weighted by molar-refractivity contribution is 0.165. The molecular formula is C12H17F2NO. The summed E-state index contributed by atoms with van der Waals surface area (Å²) in [6, 6.07) is 3.38. The van der Waals surface area contributed by atoms with Gasteiger partial charge in [-0.25, -0.2) is 8.78 Å². The lowest BCUT2D eigenvalue weighted by Crippen LogP contribution is -2.26. The molecule has 1 unspecified atom stereocenters. The van der Waals surface area contributed by atoms with E-state index in [1.54, 1.807) is 7.11 Å². The van der Waals surface area contributed by atoms with Crippen LogP contribution in [0.4, 0.5) is 8.78 Å². The summed E-state index contributed by atoms with van der Waals surface area (Å²) in [5.41, 5.74) is 0.441. The van der Waals surface area contributed by atoms with E-state index in [2.05, 4.69) is 5.32 Å². The Morgan fingerprint density at radius 1 is 1.38 bits per heavy atom. The smallest absolute Gasteiger partial charge is 0.130 e. The lowest BCUT2D eigenvalue weighted by Gasteiger charge is -2.18. The Bertz CT molecular complexity index is 331. The quantitative estimate of drug-likeness (QED) is 0.809. The van der Waals surface area contributed by atoms with Gasteiger partial charge in [-0.05, 0) is 19.0 Å². The van der Waals surface area contributed by atoms with Gasteiger partial charge in [-0.2, -0.15) is 0 Å². The number of halogens is 2. The molecule has 1 aromatic carbocycles. The molecule has 0 radical (unpaired) electrons. The maximum absolute atomic E-state index is 13.5. The van der Waals surface area contributed by atoms with Gasteiger partial charge in [0.2, 0.25) is 0 Å². The van der Waals surface area contributed by atoms with Gasteiger partial charge in [0.15, 0.2) is 0 Å². The number of methoxy groups -OCH3 is 1. The molecule has 0 spiro atoms. The van der Waals surface area contributed by atoms with Crippen LogP contribution in [-0.4, -0.2) is 20.3 Å². The number of rotatable bonds is 6. The highest BCUT2D eigenvalue weighted by Gasteiger charge is 2.15. The average molecular weight is 229 g/mol.